The first-order valence-corrected chi connectivity index (χ1v) is 3.76. The van der Waals surface area contributed by atoms with E-state index in [9.17, 15) is 4.79 Å². The van der Waals surface area contributed by atoms with Gasteiger partial charge in [-0.05, 0) is 0 Å². The van der Waals surface area contributed by atoms with Crippen LogP contribution in [0.15, 0.2) is 24.4 Å². The normalized spacial score (nSPS) is 8.77. The predicted molar refractivity (Wildman–Crippen MR) is 43.4 cm³/mol. The van der Waals surface area contributed by atoms with Crippen molar-refractivity contribution < 1.29 is 31.1 Å². The van der Waals surface area contributed by atoms with Gasteiger partial charge in [0.2, 0.25) is 6.54 Å². The molecule has 0 amide bonds. The second kappa shape index (κ2) is 5.70. The molecule has 0 aliphatic rings. The highest BCUT2D eigenvalue weighted by molar-refractivity contribution is 5.67. The molecule has 1 heterocycles. The average molecular weight is 246 g/mol. The third kappa shape index (κ3) is 3.55. The highest BCUT2D eigenvalue weighted by Gasteiger charge is 2.10. The Morgan fingerprint density at radius 2 is 2.23 bits per heavy atom. The topological polar surface area (TPSA) is 30.2 Å². The van der Waals surface area contributed by atoms with Crippen molar-refractivity contribution in [2.75, 3.05) is 7.11 Å². The van der Waals surface area contributed by atoms with Gasteiger partial charge in [-0.3, -0.25) is 0 Å². The number of aromatic nitrogens is 1. The van der Waals surface area contributed by atoms with Crippen molar-refractivity contribution in [1.29, 1.82) is 0 Å². The molecule has 1 rings (SSSR count). The molecule has 0 aliphatic heterocycles. The molecule has 0 aliphatic carbocycles. The largest absolute Gasteiger partial charge is 1.00 e. The maximum Gasteiger partial charge on any atom is 0.372 e. The molecule has 0 saturated carbocycles. The Kier molecular flexibility index (Phi) is 5.30. The molecular formula is C9H12BrNO2. The molecule has 4 heteroatoms. The molecule has 0 radical (unpaired) electrons. The second-order valence-electron chi connectivity index (χ2n) is 2.55. The van der Waals surface area contributed by atoms with Gasteiger partial charge < -0.3 is 21.7 Å². The van der Waals surface area contributed by atoms with Crippen LogP contribution in [0.25, 0.3) is 0 Å². The van der Waals surface area contributed by atoms with E-state index in [0.717, 1.165) is 5.69 Å². The molecule has 3 nitrogen and oxygen atoms in total. The number of methoxy groups -OCH3 is 1. The number of hydrogen-bond donors (Lipinski definition) is 0. The maximum absolute atomic E-state index is 10.9. The third-order valence-corrected chi connectivity index (χ3v) is 1.69. The summed E-state index contributed by atoms with van der Waals surface area (Å²) < 4.78 is 6.39. The number of carbonyl (C=O) groups is 1. The van der Waals surface area contributed by atoms with Crippen LogP contribution in [0.1, 0.15) is 5.69 Å². The fourth-order valence-corrected chi connectivity index (χ4v) is 0.943. The lowest BCUT2D eigenvalue weighted by molar-refractivity contribution is -0.691. The van der Waals surface area contributed by atoms with Crippen molar-refractivity contribution in [1.82, 2.24) is 0 Å². The van der Waals surface area contributed by atoms with Crippen LogP contribution in [-0.4, -0.2) is 13.1 Å². The van der Waals surface area contributed by atoms with Crippen LogP contribution in [0, 0.1) is 6.92 Å². The monoisotopic (exact) mass is 245 g/mol. The zero-order valence-corrected chi connectivity index (χ0v) is 9.24. The molecule has 0 fully saturated rings. The Labute approximate surface area is 88.1 Å². The maximum atomic E-state index is 10.9. The number of nitrogens with zero attached hydrogens (tertiary/aromatic N) is 1. The zero-order chi connectivity index (χ0) is 8.97. The number of pyridine rings is 1. The van der Waals surface area contributed by atoms with E-state index in [4.69, 9.17) is 0 Å². The highest BCUT2D eigenvalue weighted by Crippen LogP contribution is 1.87. The molecular weight excluding hydrogens is 234 g/mol. The van der Waals surface area contributed by atoms with Crippen molar-refractivity contribution in [3.8, 4) is 0 Å². The summed E-state index contributed by atoms with van der Waals surface area (Å²) in [6.07, 6.45) is 1.85. The van der Waals surface area contributed by atoms with Crippen molar-refractivity contribution in [3.05, 3.63) is 30.1 Å². The number of carbonyl (C=O) groups excluding carboxylic acids is 1. The summed E-state index contributed by atoms with van der Waals surface area (Å²) >= 11 is 0. The van der Waals surface area contributed by atoms with Gasteiger partial charge in [0.15, 0.2) is 11.9 Å². The first kappa shape index (κ1) is 12.1. The molecule has 13 heavy (non-hydrogen) atoms. The number of ether oxygens (including phenoxy) is 1. The molecule has 0 bridgehead atoms. The van der Waals surface area contributed by atoms with E-state index in [1.165, 1.54) is 7.11 Å². The highest BCUT2D eigenvalue weighted by atomic mass is 79.9. The van der Waals surface area contributed by atoms with Crippen molar-refractivity contribution in [2.24, 2.45) is 0 Å². The Balaban J connectivity index is 0.00000144. The molecule has 0 atom stereocenters. The summed E-state index contributed by atoms with van der Waals surface area (Å²) in [5.41, 5.74) is 1.04. The van der Waals surface area contributed by atoms with Crippen LogP contribution in [0.3, 0.4) is 0 Å². The Hall–Kier alpha value is -0.900. The fourth-order valence-electron chi connectivity index (χ4n) is 0.943. The van der Waals surface area contributed by atoms with E-state index in [0.29, 0.717) is 0 Å². The van der Waals surface area contributed by atoms with Gasteiger partial charge in [-0.2, -0.15) is 4.57 Å². The van der Waals surface area contributed by atoms with E-state index in [1.54, 1.807) is 0 Å². The number of hydrogen-bond acceptors (Lipinski definition) is 2. The smallest absolute Gasteiger partial charge is 0.372 e. The van der Waals surface area contributed by atoms with Crippen LogP contribution in [-0.2, 0) is 16.1 Å². The molecule has 0 unspecified atom stereocenters. The van der Waals surface area contributed by atoms with E-state index in [1.807, 2.05) is 35.9 Å². The first-order chi connectivity index (χ1) is 5.74. The number of esters is 1. The minimum absolute atomic E-state index is 0. The number of halogens is 1. The van der Waals surface area contributed by atoms with Crippen LogP contribution < -0.4 is 21.5 Å². The van der Waals surface area contributed by atoms with Gasteiger partial charge in [-0.25, -0.2) is 4.79 Å². The van der Waals surface area contributed by atoms with Crippen molar-refractivity contribution in [3.63, 3.8) is 0 Å². The fraction of sp³-hybridized carbons (Fsp3) is 0.333. The standard InChI is InChI=1S/C9H12NO2.BrH/c1-8-5-3-4-6-10(8)7-9(11)12-2;/h3-6H,7H2,1-2H3;1H/q+1;/p-1. The minimum atomic E-state index is -0.228. The summed E-state index contributed by atoms with van der Waals surface area (Å²) in [4.78, 5) is 10.9. The van der Waals surface area contributed by atoms with Crippen LogP contribution in [0.4, 0.5) is 0 Å². The van der Waals surface area contributed by atoms with E-state index < -0.39 is 0 Å². The lowest BCUT2D eigenvalue weighted by Gasteiger charge is -1.97. The van der Waals surface area contributed by atoms with Gasteiger partial charge in [-0.1, -0.05) is 6.07 Å². The van der Waals surface area contributed by atoms with Gasteiger partial charge >= 0.3 is 5.97 Å². The average Bonchev–Trinajstić information content (AvgIpc) is 2.09. The minimum Gasteiger partial charge on any atom is -1.00 e. The third-order valence-electron chi connectivity index (χ3n) is 1.69. The summed E-state index contributed by atoms with van der Waals surface area (Å²) in [7, 11) is 1.39. The first-order valence-electron chi connectivity index (χ1n) is 3.76. The number of aryl methyl sites for hydroxylation is 1. The summed E-state index contributed by atoms with van der Waals surface area (Å²) in [5, 5.41) is 0. The van der Waals surface area contributed by atoms with Crippen LogP contribution in [0.5, 0.6) is 0 Å². The Morgan fingerprint density at radius 1 is 1.54 bits per heavy atom. The van der Waals surface area contributed by atoms with Gasteiger partial charge in [0.1, 0.15) is 0 Å². The van der Waals surface area contributed by atoms with Crippen LogP contribution >= 0.6 is 0 Å². The molecule has 1 aromatic heterocycles. The summed E-state index contributed by atoms with van der Waals surface area (Å²) in [5.74, 6) is -0.228. The molecule has 0 saturated heterocycles. The quantitative estimate of drug-likeness (QED) is 0.425. The Morgan fingerprint density at radius 3 is 2.77 bits per heavy atom. The van der Waals surface area contributed by atoms with Crippen LogP contribution in [0.2, 0.25) is 0 Å². The molecule has 0 N–H and O–H groups in total. The van der Waals surface area contributed by atoms with E-state index in [-0.39, 0.29) is 29.5 Å². The predicted octanol–water partition coefficient (Wildman–Crippen LogP) is -2.54. The molecule has 0 aromatic carbocycles. The van der Waals surface area contributed by atoms with E-state index in [2.05, 4.69) is 4.74 Å². The lowest BCUT2D eigenvalue weighted by atomic mass is 10.3. The number of rotatable bonds is 2. The van der Waals surface area contributed by atoms with Gasteiger partial charge in [0.25, 0.3) is 0 Å². The van der Waals surface area contributed by atoms with Crippen molar-refractivity contribution >= 4 is 5.97 Å². The summed E-state index contributed by atoms with van der Waals surface area (Å²) in [6, 6.07) is 5.77. The molecule has 72 valence electrons. The SMILES string of the molecule is COC(=O)C[n+]1ccccc1C.[Br-]. The van der Waals surface area contributed by atoms with Gasteiger partial charge in [0.05, 0.1) is 7.11 Å². The lowest BCUT2D eigenvalue weighted by Crippen LogP contribution is -3.00. The zero-order valence-electron chi connectivity index (χ0n) is 7.66. The van der Waals surface area contributed by atoms with Gasteiger partial charge in [0, 0.05) is 19.1 Å². The second-order valence-corrected chi connectivity index (χ2v) is 2.55. The Bertz CT molecular complexity index is 289. The van der Waals surface area contributed by atoms with Gasteiger partial charge in [-0.15, -0.1) is 0 Å². The summed E-state index contributed by atoms with van der Waals surface area (Å²) in [6.45, 7) is 2.23. The van der Waals surface area contributed by atoms with E-state index >= 15 is 0 Å². The molecule has 1 aromatic rings. The van der Waals surface area contributed by atoms with Crippen molar-refractivity contribution in [2.45, 2.75) is 13.5 Å². The molecule has 0 spiro atoms.